The van der Waals surface area contributed by atoms with Crippen LogP contribution in [0.15, 0.2) is 59.1 Å². The fraction of sp³-hybridized carbons (Fsp3) is 0.349. The van der Waals surface area contributed by atoms with Crippen LogP contribution in [0.25, 0.3) is 44.4 Å². The number of para-hydroxylation sites is 1. The summed E-state index contributed by atoms with van der Waals surface area (Å²) >= 11 is 13.9. The summed E-state index contributed by atoms with van der Waals surface area (Å²) in [6.45, 7) is 10.7. The van der Waals surface area contributed by atoms with E-state index >= 15 is 4.79 Å². The van der Waals surface area contributed by atoms with E-state index in [9.17, 15) is 0 Å². The molecule has 1 saturated carbocycles. The third-order valence-corrected chi connectivity index (χ3v) is 12.6. The molecule has 9 rings (SSSR count). The molecule has 55 heavy (non-hydrogen) atoms. The summed E-state index contributed by atoms with van der Waals surface area (Å²) in [5, 5.41) is 16.1. The molecule has 1 amide bonds. The van der Waals surface area contributed by atoms with Gasteiger partial charge in [-0.1, -0.05) is 41.4 Å². The highest BCUT2D eigenvalue weighted by molar-refractivity contribution is 6.32. The first kappa shape index (κ1) is 35.6. The van der Waals surface area contributed by atoms with Gasteiger partial charge in [-0.2, -0.15) is 5.10 Å². The van der Waals surface area contributed by atoms with Crippen LogP contribution in [0.2, 0.25) is 5.02 Å². The molecule has 0 N–H and O–H groups in total. The van der Waals surface area contributed by atoms with Gasteiger partial charge in [0.1, 0.15) is 16.9 Å². The molecule has 0 saturated heterocycles. The van der Waals surface area contributed by atoms with Gasteiger partial charge in [0, 0.05) is 69.9 Å². The average Bonchev–Trinajstić information content (AvgIpc) is 3.53. The number of carbonyl (C=O) groups is 1. The Morgan fingerprint density at radius 2 is 1.75 bits per heavy atom. The van der Waals surface area contributed by atoms with Gasteiger partial charge in [-0.15, -0.1) is 10.2 Å². The van der Waals surface area contributed by atoms with Crippen molar-refractivity contribution in [2.75, 3.05) is 11.5 Å². The predicted molar refractivity (Wildman–Crippen MR) is 218 cm³/mol. The Morgan fingerprint density at radius 1 is 0.982 bits per heavy atom. The zero-order valence-electron chi connectivity index (χ0n) is 32.1. The fourth-order valence-electron chi connectivity index (χ4n) is 8.47. The van der Waals surface area contributed by atoms with Gasteiger partial charge in [-0.05, 0) is 107 Å². The summed E-state index contributed by atoms with van der Waals surface area (Å²) in [5.74, 6) is 2.15. The van der Waals surface area contributed by atoms with Gasteiger partial charge in [0.15, 0.2) is 0 Å². The van der Waals surface area contributed by atoms with E-state index in [1.165, 1.54) is 0 Å². The van der Waals surface area contributed by atoms with Crippen molar-refractivity contribution in [3.63, 3.8) is 0 Å². The number of nitrogens with zero attached hydrogens (tertiary/aromatic N) is 7. The molecule has 0 spiro atoms. The van der Waals surface area contributed by atoms with Gasteiger partial charge in [-0.3, -0.25) is 14.4 Å². The highest BCUT2D eigenvalue weighted by atomic mass is 35.5. The van der Waals surface area contributed by atoms with Crippen molar-refractivity contribution in [2.45, 2.75) is 77.8 Å². The van der Waals surface area contributed by atoms with Crippen LogP contribution in [0.4, 0.5) is 5.69 Å². The zero-order chi connectivity index (χ0) is 38.4. The first-order chi connectivity index (χ1) is 26.4. The average molecular weight is 777 g/mol. The van der Waals surface area contributed by atoms with Crippen LogP contribution in [0, 0.1) is 27.7 Å². The first-order valence-electron chi connectivity index (χ1n) is 18.9. The summed E-state index contributed by atoms with van der Waals surface area (Å²) in [6, 6.07) is 16.1. The van der Waals surface area contributed by atoms with Crippen molar-refractivity contribution in [1.82, 2.24) is 29.1 Å². The molecule has 2 atom stereocenters. The zero-order valence-corrected chi connectivity index (χ0v) is 33.6. The second-order valence-corrected chi connectivity index (χ2v) is 16.1. The Labute approximate surface area is 329 Å². The molecule has 10 nitrogen and oxygen atoms in total. The van der Waals surface area contributed by atoms with E-state index in [4.69, 9.17) is 37.5 Å². The lowest BCUT2D eigenvalue weighted by atomic mass is 9.98. The predicted octanol–water partition coefficient (Wildman–Crippen LogP) is 10.1. The van der Waals surface area contributed by atoms with Gasteiger partial charge in [0.05, 0.1) is 29.5 Å². The maximum atomic E-state index is 15.3. The highest BCUT2D eigenvalue weighted by Crippen LogP contribution is 2.46. The highest BCUT2D eigenvalue weighted by Gasteiger charge is 2.42. The molecule has 1 aliphatic heterocycles. The number of carbonyl (C=O) groups excluding carboxylic acids is 1. The fourth-order valence-corrected chi connectivity index (χ4v) is 8.88. The van der Waals surface area contributed by atoms with E-state index in [2.05, 4.69) is 46.8 Å². The van der Waals surface area contributed by atoms with Gasteiger partial charge in [0.25, 0.3) is 5.91 Å². The molecule has 0 radical (unpaired) electrons. The van der Waals surface area contributed by atoms with Gasteiger partial charge in [0.2, 0.25) is 11.8 Å². The number of hydrogen-bond donors (Lipinski definition) is 0. The quantitative estimate of drug-likeness (QED) is 0.0823. The number of anilines is 1. The Morgan fingerprint density at radius 3 is 2.45 bits per heavy atom. The molecule has 1 fully saturated rings. The van der Waals surface area contributed by atoms with Crippen molar-refractivity contribution in [3.05, 3.63) is 99.4 Å². The number of amides is 1. The Kier molecular flexibility index (Phi) is 8.62. The van der Waals surface area contributed by atoms with Crippen LogP contribution in [-0.2, 0) is 20.5 Å². The molecule has 3 aromatic carbocycles. The van der Waals surface area contributed by atoms with Crippen LogP contribution in [0.3, 0.4) is 0 Å². The van der Waals surface area contributed by atoms with E-state index in [0.717, 1.165) is 95.9 Å². The number of halogens is 2. The molecular weight excluding hydrogens is 733 g/mol. The molecule has 1 aliphatic carbocycles. The summed E-state index contributed by atoms with van der Waals surface area (Å²) in [6.07, 6.45) is 5.46. The number of ether oxygens (including phenoxy) is 1. The minimum Gasteiger partial charge on any atom is -0.494 e. The normalized spacial score (nSPS) is 17.2. The third kappa shape index (κ3) is 5.75. The molecule has 7 aromatic rings. The Bertz CT molecular complexity index is 2660. The summed E-state index contributed by atoms with van der Waals surface area (Å²) in [4.78, 5) is 17.1. The maximum absolute atomic E-state index is 15.3. The second kappa shape index (κ2) is 13.3. The molecular formula is C43H43Cl2N7O3. The van der Waals surface area contributed by atoms with E-state index in [-0.39, 0.29) is 11.9 Å². The SMILES string of the molecule is Cc1cc(OCCCc2c3n(c4c(-c5c(C)nn(C)c5C)cccc24)C(C)[C@@H](Cl)N(c2cn(C)c4ccc(-c5nnc(C6CC6)o5)cc24)C3=O)cc(C)c1Cl. The van der Waals surface area contributed by atoms with Crippen LogP contribution in [0.5, 0.6) is 5.75 Å². The largest absolute Gasteiger partial charge is 0.494 e. The lowest BCUT2D eigenvalue weighted by Crippen LogP contribution is -2.47. The van der Waals surface area contributed by atoms with Crippen LogP contribution < -0.4 is 9.64 Å². The molecule has 12 heteroatoms. The number of aromatic nitrogens is 6. The van der Waals surface area contributed by atoms with Crippen molar-refractivity contribution < 1.29 is 13.9 Å². The second-order valence-electron chi connectivity index (χ2n) is 15.3. The van der Waals surface area contributed by atoms with E-state index in [1.54, 1.807) is 4.90 Å². The Balaban J connectivity index is 1.16. The number of hydrogen-bond acceptors (Lipinski definition) is 6. The number of fused-ring (bicyclic) bond motifs is 4. The summed E-state index contributed by atoms with van der Waals surface area (Å²) < 4.78 is 18.5. The number of rotatable bonds is 9. The summed E-state index contributed by atoms with van der Waals surface area (Å²) in [5.41, 5.74) is 10.5. The molecule has 0 bridgehead atoms. The van der Waals surface area contributed by atoms with E-state index in [0.29, 0.717) is 42.8 Å². The van der Waals surface area contributed by atoms with Crippen molar-refractivity contribution in [3.8, 4) is 28.3 Å². The smallest absolute Gasteiger partial charge is 0.276 e. The van der Waals surface area contributed by atoms with Gasteiger partial charge < -0.3 is 18.3 Å². The van der Waals surface area contributed by atoms with Crippen molar-refractivity contribution in [2.24, 2.45) is 14.1 Å². The lowest BCUT2D eigenvalue weighted by molar-refractivity contribution is 0.0951. The molecule has 2 aliphatic rings. The first-order valence-corrected chi connectivity index (χ1v) is 19.7. The minimum absolute atomic E-state index is 0.147. The molecule has 5 heterocycles. The van der Waals surface area contributed by atoms with E-state index < -0.39 is 5.50 Å². The lowest BCUT2D eigenvalue weighted by Gasteiger charge is -2.38. The van der Waals surface area contributed by atoms with Crippen LogP contribution >= 0.6 is 23.2 Å². The number of benzene rings is 3. The van der Waals surface area contributed by atoms with Crippen LogP contribution in [0.1, 0.15) is 82.6 Å². The Hall–Kier alpha value is -5.06. The minimum atomic E-state index is -0.688. The van der Waals surface area contributed by atoms with Crippen molar-refractivity contribution >= 4 is 56.6 Å². The summed E-state index contributed by atoms with van der Waals surface area (Å²) in [7, 11) is 3.95. The number of aryl methyl sites for hydroxylation is 6. The monoisotopic (exact) mass is 775 g/mol. The molecule has 282 valence electrons. The van der Waals surface area contributed by atoms with Gasteiger partial charge in [-0.25, -0.2) is 0 Å². The number of alkyl halides is 1. The van der Waals surface area contributed by atoms with Crippen LogP contribution in [-0.4, -0.2) is 47.1 Å². The van der Waals surface area contributed by atoms with Crippen molar-refractivity contribution in [1.29, 1.82) is 0 Å². The third-order valence-electron chi connectivity index (χ3n) is 11.5. The van der Waals surface area contributed by atoms with Gasteiger partial charge >= 0.3 is 0 Å². The molecule has 4 aromatic heterocycles. The topological polar surface area (TPSA) is 96.1 Å². The molecule has 1 unspecified atom stereocenters. The van der Waals surface area contributed by atoms with E-state index in [1.807, 2.05) is 80.6 Å². The maximum Gasteiger partial charge on any atom is 0.276 e. The standard InChI is InChI=1S/C43H43Cl2N7O3/c1-22-18-29(19-23(2)37(22)44)54-17-9-12-31-30-10-8-11-32(36-24(3)48-50(7)25(36)4)38(30)51-26(5)40(45)52(43(53)39(31)51)35-21-49(6)34-16-15-28(20-33(34)35)42-47-46-41(55-42)27-13-14-27/h8,10-11,15-16,18-21,26-27,40H,9,12-14,17H2,1-7H3/t26?,40-/m0/s1.